The normalized spacial score (nSPS) is 12.2. The van der Waals surface area contributed by atoms with Crippen LogP contribution in [0.2, 0.25) is 0 Å². The zero-order chi connectivity index (χ0) is 14.0. The summed E-state index contributed by atoms with van der Waals surface area (Å²) in [7, 11) is 0. The van der Waals surface area contributed by atoms with Gasteiger partial charge in [-0.05, 0) is 32.0 Å². The summed E-state index contributed by atoms with van der Waals surface area (Å²) in [5.41, 5.74) is 0.0202. The van der Waals surface area contributed by atoms with Crippen molar-refractivity contribution in [2.45, 2.75) is 19.9 Å². The lowest BCUT2D eigenvalue weighted by Gasteiger charge is -2.14. The van der Waals surface area contributed by atoms with Crippen molar-refractivity contribution in [2.24, 2.45) is 0 Å². The Labute approximate surface area is 114 Å². The van der Waals surface area contributed by atoms with Crippen molar-refractivity contribution >= 4 is 22.7 Å². The Morgan fingerprint density at radius 2 is 2.11 bits per heavy atom. The van der Waals surface area contributed by atoms with Crippen LogP contribution in [0.3, 0.4) is 0 Å². The molecule has 1 N–H and O–H groups in total. The van der Waals surface area contributed by atoms with Gasteiger partial charge in [-0.1, -0.05) is 0 Å². The molecule has 0 amide bonds. The van der Waals surface area contributed by atoms with Gasteiger partial charge in [0.1, 0.15) is 0 Å². The first kappa shape index (κ1) is 13.5. The molecule has 0 bridgehead atoms. The predicted molar refractivity (Wildman–Crippen MR) is 74.1 cm³/mol. The minimum atomic E-state index is -0.616. The number of halogens is 1. The molecule has 2 rings (SSSR count). The molecule has 19 heavy (non-hydrogen) atoms. The summed E-state index contributed by atoms with van der Waals surface area (Å²) in [6.07, 6.45) is 0. The SMILES string of the molecule is Cc1ccc(C(C)Nc2ccc([N+](=O)[O-])cc2F)s1. The largest absolute Gasteiger partial charge is 0.375 e. The molecule has 4 nitrogen and oxygen atoms in total. The molecule has 1 heterocycles. The Balaban J connectivity index is 2.17. The van der Waals surface area contributed by atoms with Gasteiger partial charge in [0.2, 0.25) is 0 Å². The van der Waals surface area contributed by atoms with Crippen molar-refractivity contribution in [1.82, 2.24) is 0 Å². The van der Waals surface area contributed by atoms with E-state index in [1.807, 2.05) is 26.0 Å². The van der Waals surface area contributed by atoms with Crippen LogP contribution in [0.4, 0.5) is 15.8 Å². The molecule has 0 aliphatic carbocycles. The van der Waals surface area contributed by atoms with Gasteiger partial charge in [-0.2, -0.15) is 0 Å². The molecule has 1 aromatic carbocycles. The minimum Gasteiger partial charge on any atom is -0.375 e. The summed E-state index contributed by atoms with van der Waals surface area (Å²) < 4.78 is 13.7. The van der Waals surface area contributed by atoms with Gasteiger partial charge in [-0.25, -0.2) is 4.39 Å². The van der Waals surface area contributed by atoms with E-state index in [1.165, 1.54) is 17.0 Å². The fraction of sp³-hybridized carbons (Fsp3) is 0.231. The Kier molecular flexibility index (Phi) is 3.80. The number of thiophene rings is 1. The van der Waals surface area contributed by atoms with Crippen LogP contribution in [0, 0.1) is 22.9 Å². The topological polar surface area (TPSA) is 55.2 Å². The summed E-state index contributed by atoms with van der Waals surface area (Å²) in [6, 6.07) is 7.55. The van der Waals surface area contributed by atoms with Gasteiger partial charge in [0.25, 0.3) is 5.69 Å². The Hall–Kier alpha value is -1.95. The van der Waals surface area contributed by atoms with E-state index in [1.54, 1.807) is 11.3 Å². The third-order valence-electron chi connectivity index (χ3n) is 2.72. The zero-order valence-corrected chi connectivity index (χ0v) is 11.3. The van der Waals surface area contributed by atoms with E-state index in [9.17, 15) is 14.5 Å². The van der Waals surface area contributed by atoms with Crippen LogP contribution >= 0.6 is 11.3 Å². The predicted octanol–water partition coefficient (Wildman–Crippen LogP) is 4.28. The van der Waals surface area contributed by atoms with Gasteiger partial charge in [0.05, 0.1) is 22.7 Å². The highest BCUT2D eigenvalue weighted by molar-refractivity contribution is 7.12. The summed E-state index contributed by atoms with van der Waals surface area (Å²) in [5.74, 6) is -0.616. The molecular weight excluding hydrogens is 267 g/mol. The van der Waals surface area contributed by atoms with Crippen LogP contribution < -0.4 is 5.32 Å². The molecule has 0 aliphatic heterocycles. The fourth-order valence-corrected chi connectivity index (χ4v) is 2.60. The maximum atomic E-state index is 13.7. The van der Waals surface area contributed by atoms with E-state index in [-0.39, 0.29) is 17.4 Å². The summed E-state index contributed by atoms with van der Waals surface area (Å²) in [5, 5.41) is 13.5. The molecule has 0 spiro atoms. The van der Waals surface area contributed by atoms with E-state index in [4.69, 9.17) is 0 Å². The molecule has 6 heteroatoms. The van der Waals surface area contributed by atoms with Crippen LogP contribution in [0.1, 0.15) is 22.7 Å². The van der Waals surface area contributed by atoms with Crippen molar-refractivity contribution < 1.29 is 9.31 Å². The second kappa shape index (κ2) is 5.36. The average Bonchev–Trinajstić information content (AvgIpc) is 2.78. The van der Waals surface area contributed by atoms with Crippen LogP contribution in [-0.2, 0) is 0 Å². The molecule has 1 aromatic heterocycles. The van der Waals surface area contributed by atoms with Crippen molar-refractivity contribution in [1.29, 1.82) is 0 Å². The van der Waals surface area contributed by atoms with Gasteiger partial charge >= 0.3 is 0 Å². The average molecular weight is 280 g/mol. The van der Waals surface area contributed by atoms with Crippen molar-refractivity contribution in [3.63, 3.8) is 0 Å². The van der Waals surface area contributed by atoms with E-state index in [2.05, 4.69) is 5.32 Å². The molecule has 0 fully saturated rings. The van der Waals surface area contributed by atoms with Gasteiger partial charge in [0.15, 0.2) is 5.82 Å². The van der Waals surface area contributed by atoms with E-state index in [0.29, 0.717) is 0 Å². The first-order valence-corrected chi connectivity index (χ1v) is 6.56. The van der Waals surface area contributed by atoms with Gasteiger partial charge in [-0.15, -0.1) is 11.3 Å². The van der Waals surface area contributed by atoms with Crippen LogP contribution in [0.5, 0.6) is 0 Å². The standard InChI is InChI=1S/C13H13FN2O2S/c1-8-3-6-13(19-8)9(2)15-12-5-4-10(16(17)18)7-11(12)14/h3-7,9,15H,1-2H3. The number of nitro groups is 1. The van der Waals surface area contributed by atoms with E-state index >= 15 is 0 Å². The number of non-ortho nitro benzene ring substituents is 1. The molecule has 0 saturated carbocycles. The molecule has 0 saturated heterocycles. The quantitative estimate of drug-likeness (QED) is 0.672. The Morgan fingerprint density at radius 1 is 1.37 bits per heavy atom. The maximum absolute atomic E-state index is 13.7. The number of hydrogen-bond donors (Lipinski definition) is 1. The zero-order valence-electron chi connectivity index (χ0n) is 10.5. The van der Waals surface area contributed by atoms with Gasteiger partial charge in [-0.3, -0.25) is 10.1 Å². The second-order valence-electron chi connectivity index (χ2n) is 4.24. The molecule has 0 aliphatic rings. The third kappa shape index (κ3) is 3.08. The number of nitrogens with one attached hydrogen (secondary N) is 1. The minimum absolute atomic E-state index is 0.0466. The number of rotatable bonds is 4. The lowest BCUT2D eigenvalue weighted by Crippen LogP contribution is -2.06. The smallest absolute Gasteiger partial charge is 0.272 e. The monoisotopic (exact) mass is 280 g/mol. The number of nitro benzene ring substituents is 1. The molecule has 1 atom stereocenters. The van der Waals surface area contributed by atoms with Crippen LogP contribution in [-0.4, -0.2) is 4.92 Å². The highest BCUT2D eigenvalue weighted by atomic mass is 32.1. The Bertz CT molecular complexity index is 612. The first-order chi connectivity index (χ1) is 8.97. The summed E-state index contributed by atoms with van der Waals surface area (Å²) in [6.45, 7) is 3.93. The van der Waals surface area contributed by atoms with Crippen LogP contribution in [0.25, 0.3) is 0 Å². The highest BCUT2D eigenvalue weighted by Gasteiger charge is 2.13. The van der Waals surface area contributed by atoms with Crippen molar-refractivity contribution in [2.75, 3.05) is 5.32 Å². The molecule has 1 unspecified atom stereocenters. The van der Waals surface area contributed by atoms with Crippen molar-refractivity contribution in [3.05, 3.63) is 56.0 Å². The highest BCUT2D eigenvalue weighted by Crippen LogP contribution is 2.28. The lowest BCUT2D eigenvalue weighted by atomic mass is 10.2. The number of anilines is 1. The third-order valence-corrected chi connectivity index (χ3v) is 3.91. The lowest BCUT2D eigenvalue weighted by molar-refractivity contribution is -0.385. The molecule has 100 valence electrons. The number of aryl methyl sites for hydroxylation is 1. The number of nitrogens with zero attached hydrogens (tertiary/aromatic N) is 1. The second-order valence-corrected chi connectivity index (χ2v) is 5.56. The molecule has 2 aromatic rings. The van der Waals surface area contributed by atoms with Crippen LogP contribution in [0.15, 0.2) is 30.3 Å². The van der Waals surface area contributed by atoms with Gasteiger partial charge < -0.3 is 5.32 Å². The number of benzene rings is 1. The summed E-state index contributed by atoms with van der Waals surface area (Å²) in [4.78, 5) is 12.2. The fourth-order valence-electron chi connectivity index (χ4n) is 1.73. The van der Waals surface area contributed by atoms with Crippen molar-refractivity contribution in [3.8, 4) is 0 Å². The van der Waals surface area contributed by atoms with E-state index in [0.717, 1.165) is 10.9 Å². The first-order valence-electron chi connectivity index (χ1n) is 5.74. The Morgan fingerprint density at radius 3 is 2.63 bits per heavy atom. The molecule has 0 radical (unpaired) electrons. The number of hydrogen-bond acceptors (Lipinski definition) is 4. The van der Waals surface area contributed by atoms with E-state index < -0.39 is 10.7 Å². The summed E-state index contributed by atoms with van der Waals surface area (Å²) >= 11 is 1.64. The van der Waals surface area contributed by atoms with Gasteiger partial charge in [0, 0.05) is 15.8 Å². The molecular formula is C13H13FN2O2S. The maximum Gasteiger partial charge on any atom is 0.272 e.